The van der Waals surface area contributed by atoms with Gasteiger partial charge in [-0.25, -0.2) is 0 Å². The van der Waals surface area contributed by atoms with E-state index in [1.165, 1.54) is 0 Å². The van der Waals surface area contributed by atoms with Gasteiger partial charge in [0, 0.05) is 6.54 Å². The van der Waals surface area contributed by atoms with Crippen LogP contribution in [0.3, 0.4) is 0 Å². The third-order valence-corrected chi connectivity index (χ3v) is 4.02. The molecule has 0 heterocycles. The maximum Gasteiger partial charge on any atom is 0.307 e. The Morgan fingerprint density at radius 1 is 1.17 bits per heavy atom. The zero-order valence-corrected chi connectivity index (χ0v) is 15.3. The minimum atomic E-state index is -0.330. The molecule has 0 fully saturated rings. The summed E-state index contributed by atoms with van der Waals surface area (Å²) >= 11 is 3.51. The van der Waals surface area contributed by atoms with Gasteiger partial charge in [0.15, 0.2) is 6.61 Å². The number of benzene rings is 2. The standard InChI is InChI=1S/C18H20BrNO4/c1-12(2)24-17(22)9-10-20-16(21)11-23-15-8-7-13-5-3-4-6-14(13)18(15)19/h3-8,12H,9-11H2,1-2H3,(H,20,21). The molecule has 0 bridgehead atoms. The first-order chi connectivity index (χ1) is 11.5. The van der Waals surface area contributed by atoms with E-state index in [1.54, 1.807) is 13.8 Å². The molecule has 1 N–H and O–H groups in total. The van der Waals surface area contributed by atoms with Crippen LogP contribution in [0.5, 0.6) is 5.75 Å². The van der Waals surface area contributed by atoms with Crippen molar-refractivity contribution >= 4 is 38.6 Å². The fourth-order valence-electron chi connectivity index (χ4n) is 2.15. The first kappa shape index (κ1) is 18.3. The van der Waals surface area contributed by atoms with Crippen molar-refractivity contribution in [3.63, 3.8) is 0 Å². The van der Waals surface area contributed by atoms with E-state index < -0.39 is 0 Å². The molecule has 0 radical (unpaired) electrons. The van der Waals surface area contributed by atoms with Gasteiger partial charge in [0.05, 0.1) is 17.0 Å². The van der Waals surface area contributed by atoms with Gasteiger partial charge in [0.2, 0.25) is 0 Å². The van der Waals surface area contributed by atoms with Crippen LogP contribution in [-0.2, 0) is 14.3 Å². The summed E-state index contributed by atoms with van der Waals surface area (Å²) in [5.74, 6) is -0.0148. The molecule has 1 amide bonds. The number of rotatable bonds is 7. The van der Waals surface area contributed by atoms with Crippen molar-refractivity contribution in [2.75, 3.05) is 13.2 Å². The van der Waals surface area contributed by atoms with Gasteiger partial charge in [-0.3, -0.25) is 9.59 Å². The molecule has 0 unspecified atom stereocenters. The number of esters is 1. The molecular formula is C18H20BrNO4. The van der Waals surface area contributed by atoms with E-state index in [4.69, 9.17) is 9.47 Å². The molecule has 24 heavy (non-hydrogen) atoms. The van der Waals surface area contributed by atoms with E-state index >= 15 is 0 Å². The quantitative estimate of drug-likeness (QED) is 0.731. The summed E-state index contributed by atoms with van der Waals surface area (Å²) in [5, 5.41) is 4.74. The second-order valence-corrected chi connectivity index (χ2v) is 6.32. The Morgan fingerprint density at radius 2 is 1.92 bits per heavy atom. The second-order valence-electron chi connectivity index (χ2n) is 5.53. The highest BCUT2D eigenvalue weighted by molar-refractivity contribution is 9.10. The van der Waals surface area contributed by atoms with Crippen molar-refractivity contribution in [3.8, 4) is 5.75 Å². The molecule has 2 aromatic rings. The third-order valence-electron chi connectivity index (χ3n) is 3.21. The van der Waals surface area contributed by atoms with E-state index in [1.807, 2.05) is 36.4 Å². The molecule has 128 valence electrons. The summed E-state index contributed by atoms with van der Waals surface area (Å²) in [6.07, 6.45) is -0.00867. The Morgan fingerprint density at radius 3 is 2.67 bits per heavy atom. The lowest BCUT2D eigenvalue weighted by Gasteiger charge is -2.11. The van der Waals surface area contributed by atoms with Crippen LogP contribution in [0.1, 0.15) is 20.3 Å². The Bertz CT molecular complexity index is 730. The summed E-state index contributed by atoms with van der Waals surface area (Å²) in [4.78, 5) is 23.2. The lowest BCUT2D eigenvalue weighted by molar-refractivity contribution is -0.147. The smallest absolute Gasteiger partial charge is 0.307 e. The number of carbonyl (C=O) groups excluding carboxylic acids is 2. The topological polar surface area (TPSA) is 64.6 Å². The summed E-state index contributed by atoms with van der Waals surface area (Å²) in [7, 11) is 0. The van der Waals surface area contributed by atoms with Crippen molar-refractivity contribution in [2.24, 2.45) is 0 Å². The lowest BCUT2D eigenvalue weighted by atomic mass is 10.1. The van der Waals surface area contributed by atoms with E-state index in [2.05, 4.69) is 21.2 Å². The van der Waals surface area contributed by atoms with Gasteiger partial charge in [0.25, 0.3) is 5.91 Å². The Hall–Kier alpha value is -2.08. The Balaban J connectivity index is 1.82. The highest BCUT2D eigenvalue weighted by Crippen LogP contribution is 2.32. The van der Waals surface area contributed by atoms with Crippen LogP contribution in [-0.4, -0.2) is 31.1 Å². The molecule has 0 spiro atoms. The van der Waals surface area contributed by atoms with Gasteiger partial charge < -0.3 is 14.8 Å². The molecule has 6 heteroatoms. The van der Waals surface area contributed by atoms with Crippen LogP contribution in [0.2, 0.25) is 0 Å². The van der Waals surface area contributed by atoms with E-state index in [0.29, 0.717) is 5.75 Å². The van der Waals surface area contributed by atoms with Crippen LogP contribution >= 0.6 is 15.9 Å². The molecule has 0 saturated heterocycles. The van der Waals surface area contributed by atoms with Crippen LogP contribution < -0.4 is 10.1 Å². The molecule has 0 aliphatic heterocycles. The number of amides is 1. The largest absolute Gasteiger partial charge is 0.483 e. The number of carbonyl (C=O) groups is 2. The minimum absolute atomic E-state index is 0.115. The predicted molar refractivity (Wildman–Crippen MR) is 96.0 cm³/mol. The summed E-state index contributed by atoms with van der Waals surface area (Å²) < 4.78 is 11.4. The van der Waals surface area contributed by atoms with E-state index in [-0.39, 0.29) is 37.6 Å². The minimum Gasteiger partial charge on any atom is -0.483 e. The van der Waals surface area contributed by atoms with Gasteiger partial charge in [-0.1, -0.05) is 30.3 Å². The molecule has 2 aromatic carbocycles. The van der Waals surface area contributed by atoms with Crippen molar-refractivity contribution in [3.05, 3.63) is 40.9 Å². The van der Waals surface area contributed by atoms with Crippen LogP contribution in [0.15, 0.2) is 40.9 Å². The van der Waals surface area contributed by atoms with Crippen molar-refractivity contribution in [2.45, 2.75) is 26.4 Å². The highest BCUT2D eigenvalue weighted by atomic mass is 79.9. The van der Waals surface area contributed by atoms with E-state index in [0.717, 1.165) is 15.2 Å². The average Bonchev–Trinajstić information content (AvgIpc) is 2.54. The molecule has 0 aliphatic rings. The number of hydrogen-bond acceptors (Lipinski definition) is 4. The normalized spacial score (nSPS) is 10.7. The molecule has 0 saturated carbocycles. The number of halogens is 1. The predicted octanol–water partition coefficient (Wildman–Crippen LogP) is 3.44. The number of hydrogen-bond donors (Lipinski definition) is 1. The van der Waals surface area contributed by atoms with Crippen molar-refractivity contribution in [1.29, 1.82) is 0 Å². The van der Waals surface area contributed by atoms with Crippen LogP contribution in [0.25, 0.3) is 10.8 Å². The SMILES string of the molecule is CC(C)OC(=O)CCNC(=O)COc1ccc2ccccc2c1Br. The van der Waals surface area contributed by atoms with Gasteiger partial charge >= 0.3 is 5.97 Å². The molecule has 5 nitrogen and oxygen atoms in total. The zero-order valence-electron chi connectivity index (χ0n) is 13.7. The van der Waals surface area contributed by atoms with Crippen molar-refractivity contribution in [1.82, 2.24) is 5.32 Å². The molecular weight excluding hydrogens is 374 g/mol. The first-order valence-electron chi connectivity index (χ1n) is 7.73. The fraction of sp³-hybridized carbons (Fsp3) is 0.333. The monoisotopic (exact) mass is 393 g/mol. The fourth-order valence-corrected chi connectivity index (χ4v) is 2.75. The molecule has 2 rings (SSSR count). The van der Waals surface area contributed by atoms with Gasteiger partial charge in [-0.05, 0) is 46.6 Å². The first-order valence-corrected chi connectivity index (χ1v) is 8.53. The van der Waals surface area contributed by atoms with Crippen LogP contribution in [0.4, 0.5) is 0 Å². The lowest BCUT2D eigenvalue weighted by Crippen LogP contribution is -2.31. The van der Waals surface area contributed by atoms with Gasteiger partial charge in [-0.15, -0.1) is 0 Å². The number of fused-ring (bicyclic) bond motifs is 1. The van der Waals surface area contributed by atoms with Crippen molar-refractivity contribution < 1.29 is 19.1 Å². The van der Waals surface area contributed by atoms with Gasteiger partial charge in [0.1, 0.15) is 5.75 Å². The molecule has 0 atom stereocenters. The van der Waals surface area contributed by atoms with Crippen LogP contribution in [0, 0.1) is 0 Å². The summed E-state index contributed by atoms with van der Waals surface area (Å²) in [6.45, 7) is 3.68. The summed E-state index contributed by atoms with van der Waals surface area (Å²) in [6, 6.07) is 11.7. The maximum absolute atomic E-state index is 11.8. The highest BCUT2D eigenvalue weighted by Gasteiger charge is 2.10. The Kier molecular flexibility index (Phi) is 6.61. The number of ether oxygens (including phenoxy) is 2. The average molecular weight is 394 g/mol. The number of nitrogens with one attached hydrogen (secondary N) is 1. The Labute approximate surface area is 149 Å². The molecule has 0 aliphatic carbocycles. The summed E-state index contributed by atoms with van der Waals surface area (Å²) in [5.41, 5.74) is 0. The molecule has 0 aromatic heterocycles. The zero-order chi connectivity index (χ0) is 17.5. The van der Waals surface area contributed by atoms with Gasteiger partial charge in [-0.2, -0.15) is 0 Å². The maximum atomic E-state index is 11.8. The van der Waals surface area contributed by atoms with E-state index in [9.17, 15) is 9.59 Å². The third kappa shape index (κ3) is 5.23. The second kappa shape index (κ2) is 8.68.